The highest BCUT2D eigenvalue weighted by atomic mass is 16.5. The Morgan fingerprint density at radius 1 is 0.444 bits per heavy atom. The van der Waals surface area contributed by atoms with Crippen molar-refractivity contribution in [3.05, 3.63) is 108 Å². The maximum Gasteiger partial charge on any atom is 0.338 e. The molecule has 234 valence electrons. The fourth-order valence-electron chi connectivity index (χ4n) is 4.38. The first-order chi connectivity index (χ1) is 21.8. The van der Waals surface area contributed by atoms with Crippen molar-refractivity contribution in [3.8, 4) is 0 Å². The Hall–Kier alpha value is -5.52. The van der Waals surface area contributed by atoms with Gasteiger partial charge in [0.15, 0.2) is 0 Å². The molecule has 12 nitrogen and oxygen atoms in total. The minimum atomic E-state index is -0.586. The van der Waals surface area contributed by atoms with Crippen molar-refractivity contribution >= 4 is 35.6 Å². The molecule has 1 saturated heterocycles. The number of benzene rings is 3. The summed E-state index contributed by atoms with van der Waals surface area (Å²) in [5.41, 5.74) is 1.01. The molecule has 0 bridgehead atoms. The van der Waals surface area contributed by atoms with Crippen LogP contribution >= 0.6 is 0 Å². The molecule has 0 atom stereocenters. The smallest absolute Gasteiger partial charge is 0.338 e. The summed E-state index contributed by atoms with van der Waals surface area (Å²) in [6, 6.07) is 25.0. The second kappa shape index (κ2) is 16.4. The number of carbonyl (C=O) groups is 6. The van der Waals surface area contributed by atoms with E-state index in [1.54, 1.807) is 91.0 Å². The van der Waals surface area contributed by atoms with Crippen molar-refractivity contribution in [1.82, 2.24) is 14.7 Å². The number of nitrogens with zero attached hydrogens (tertiary/aromatic N) is 3. The maximum atomic E-state index is 13.3. The summed E-state index contributed by atoms with van der Waals surface area (Å²) in [4.78, 5) is 80.6. The van der Waals surface area contributed by atoms with Gasteiger partial charge < -0.3 is 28.9 Å². The largest absolute Gasteiger partial charge is 0.460 e. The molecule has 45 heavy (non-hydrogen) atoms. The number of hydrogen-bond donors (Lipinski definition) is 0. The lowest BCUT2D eigenvalue weighted by Gasteiger charge is -2.25. The summed E-state index contributed by atoms with van der Waals surface area (Å²) in [5, 5.41) is 0. The lowest BCUT2D eigenvalue weighted by molar-refractivity contribution is -0.140. The van der Waals surface area contributed by atoms with Crippen LogP contribution in [0.25, 0.3) is 0 Å². The first-order valence-corrected chi connectivity index (χ1v) is 14.3. The molecule has 3 aromatic carbocycles. The summed E-state index contributed by atoms with van der Waals surface area (Å²) in [6.07, 6.45) is 0. The van der Waals surface area contributed by atoms with Crippen molar-refractivity contribution in [1.29, 1.82) is 0 Å². The van der Waals surface area contributed by atoms with E-state index in [0.29, 0.717) is 16.7 Å². The number of rotatable bonds is 12. The quantitative estimate of drug-likeness (QED) is 0.221. The normalized spacial score (nSPS) is 13.9. The maximum absolute atomic E-state index is 13.3. The van der Waals surface area contributed by atoms with E-state index < -0.39 is 55.3 Å². The number of esters is 3. The van der Waals surface area contributed by atoms with Crippen molar-refractivity contribution in [2.45, 2.75) is 0 Å². The van der Waals surface area contributed by atoms with E-state index in [1.807, 2.05) is 0 Å². The predicted octanol–water partition coefficient (Wildman–Crippen LogP) is 2.06. The fourth-order valence-corrected chi connectivity index (χ4v) is 4.38. The van der Waals surface area contributed by atoms with E-state index in [2.05, 4.69) is 0 Å². The Morgan fingerprint density at radius 2 is 0.689 bits per heavy atom. The molecular formula is C33H33N3O9. The topological polar surface area (TPSA) is 140 Å². The van der Waals surface area contributed by atoms with Gasteiger partial charge in [0.05, 0.1) is 56.0 Å². The van der Waals surface area contributed by atoms with Crippen LogP contribution in [0.4, 0.5) is 0 Å². The van der Waals surface area contributed by atoms with Crippen LogP contribution in [0.2, 0.25) is 0 Å². The van der Waals surface area contributed by atoms with Crippen LogP contribution in [0.1, 0.15) is 31.1 Å². The van der Waals surface area contributed by atoms with Gasteiger partial charge in [-0.25, -0.2) is 14.4 Å². The van der Waals surface area contributed by atoms with Crippen LogP contribution in [0.5, 0.6) is 0 Å². The fraction of sp³-hybridized carbons (Fsp3) is 0.273. The monoisotopic (exact) mass is 615 g/mol. The highest BCUT2D eigenvalue weighted by molar-refractivity contribution is 5.93. The molecule has 3 aromatic rings. The van der Waals surface area contributed by atoms with Gasteiger partial charge in [0, 0.05) is 0 Å². The lowest BCUT2D eigenvalue weighted by Crippen LogP contribution is -2.45. The van der Waals surface area contributed by atoms with Gasteiger partial charge in [-0.3, -0.25) is 14.4 Å². The summed E-state index contributed by atoms with van der Waals surface area (Å²) in [7, 11) is 0. The van der Waals surface area contributed by atoms with Gasteiger partial charge in [0.25, 0.3) is 0 Å². The summed E-state index contributed by atoms with van der Waals surface area (Å²) in [6.45, 7) is -2.06. The van der Waals surface area contributed by atoms with Crippen molar-refractivity contribution in [2.24, 2.45) is 0 Å². The van der Waals surface area contributed by atoms with Gasteiger partial charge in [-0.05, 0) is 36.4 Å². The Balaban J connectivity index is 1.41. The van der Waals surface area contributed by atoms with E-state index in [-0.39, 0.29) is 39.5 Å². The molecule has 1 fully saturated rings. The van der Waals surface area contributed by atoms with E-state index in [9.17, 15) is 28.8 Å². The van der Waals surface area contributed by atoms with Gasteiger partial charge >= 0.3 is 17.9 Å². The zero-order chi connectivity index (χ0) is 32.0. The molecule has 0 unspecified atom stereocenters. The third-order valence-corrected chi connectivity index (χ3v) is 6.85. The molecular weight excluding hydrogens is 582 g/mol. The van der Waals surface area contributed by atoms with Crippen molar-refractivity contribution in [3.63, 3.8) is 0 Å². The lowest BCUT2D eigenvalue weighted by atomic mass is 10.2. The molecule has 0 aliphatic carbocycles. The molecule has 1 aliphatic heterocycles. The number of carbonyl (C=O) groups excluding carboxylic acids is 6. The number of ether oxygens (including phenoxy) is 3. The first kappa shape index (κ1) is 32.4. The average molecular weight is 616 g/mol. The van der Waals surface area contributed by atoms with E-state index in [1.165, 1.54) is 14.7 Å². The van der Waals surface area contributed by atoms with Gasteiger partial charge in [0.1, 0.15) is 19.8 Å². The van der Waals surface area contributed by atoms with Crippen LogP contribution in [0.3, 0.4) is 0 Å². The van der Waals surface area contributed by atoms with E-state index in [0.717, 1.165) is 0 Å². The van der Waals surface area contributed by atoms with Crippen LogP contribution in [0.15, 0.2) is 91.0 Å². The van der Waals surface area contributed by atoms with Gasteiger partial charge in [-0.2, -0.15) is 0 Å². The molecule has 0 spiro atoms. The molecule has 0 N–H and O–H groups in total. The third kappa shape index (κ3) is 9.75. The first-order valence-electron chi connectivity index (χ1n) is 14.3. The van der Waals surface area contributed by atoms with Gasteiger partial charge in [-0.1, -0.05) is 54.6 Å². The highest BCUT2D eigenvalue weighted by Crippen LogP contribution is 2.08. The molecule has 1 aliphatic rings. The summed E-state index contributed by atoms with van der Waals surface area (Å²) in [5.74, 6) is -3.43. The minimum absolute atomic E-state index is 0.106. The van der Waals surface area contributed by atoms with Crippen LogP contribution in [-0.2, 0) is 28.6 Å². The molecule has 0 saturated carbocycles. The van der Waals surface area contributed by atoms with Crippen LogP contribution in [0, 0.1) is 0 Å². The number of hydrogen-bond acceptors (Lipinski definition) is 9. The minimum Gasteiger partial charge on any atom is -0.460 e. The summed E-state index contributed by atoms with van der Waals surface area (Å²) >= 11 is 0. The third-order valence-electron chi connectivity index (χ3n) is 6.85. The van der Waals surface area contributed by atoms with Crippen molar-refractivity contribution in [2.75, 3.05) is 59.1 Å². The summed E-state index contributed by atoms with van der Waals surface area (Å²) < 4.78 is 15.9. The average Bonchev–Trinajstić information content (AvgIpc) is 3.10. The van der Waals surface area contributed by atoms with Crippen LogP contribution < -0.4 is 0 Å². The zero-order valence-electron chi connectivity index (χ0n) is 24.5. The SMILES string of the molecule is O=C(OCCN1CC(=O)N(CCOC(=O)c2ccccc2)CC(=O)N(CCOC(=O)c2ccccc2)CC1=O)c1ccccc1. The van der Waals surface area contributed by atoms with Gasteiger partial charge in [-0.15, -0.1) is 0 Å². The van der Waals surface area contributed by atoms with Gasteiger partial charge in [0.2, 0.25) is 17.7 Å². The highest BCUT2D eigenvalue weighted by Gasteiger charge is 2.30. The Bertz CT molecular complexity index is 1300. The van der Waals surface area contributed by atoms with E-state index >= 15 is 0 Å². The second-order valence-electron chi connectivity index (χ2n) is 9.95. The molecule has 12 heteroatoms. The van der Waals surface area contributed by atoms with Crippen molar-refractivity contribution < 1.29 is 43.0 Å². The Labute approximate surface area is 260 Å². The van der Waals surface area contributed by atoms with E-state index in [4.69, 9.17) is 14.2 Å². The molecule has 0 aromatic heterocycles. The zero-order valence-corrected chi connectivity index (χ0v) is 24.5. The molecule has 1 heterocycles. The predicted molar refractivity (Wildman–Crippen MR) is 160 cm³/mol. The molecule has 3 amide bonds. The second-order valence-corrected chi connectivity index (χ2v) is 9.95. The Morgan fingerprint density at radius 3 is 0.933 bits per heavy atom. The molecule has 4 rings (SSSR count). The Kier molecular flexibility index (Phi) is 11.8. The standard InChI is InChI=1S/C33H33N3O9/c37-28-23-35(17-20-44-32(41)26-12-6-2-7-13-26)30(39)24-36(18-21-45-33(42)27-14-8-3-9-15-27)29(38)22-34(28)16-19-43-31(40)25-10-4-1-5-11-25/h1-15H,16-24H2. The molecule has 0 radical (unpaired) electrons. The van der Waals surface area contributed by atoms with Crippen LogP contribution in [-0.4, -0.2) is 109 Å². The number of amides is 3.